The van der Waals surface area contributed by atoms with Crippen molar-refractivity contribution in [3.63, 3.8) is 0 Å². The summed E-state index contributed by atoms with van der Waals surface area (Å²) in [6, 6.07) is 14.8. The molecule has 0 spiro atoms. The first kappa shape index (κ1) is 15.5. The van der Waals surface area contributed by atoms with Gasteiger partial charge in [0, 0.05) is 6.04 Å². The van der Waals surface area contributed by atoms with E-state index in [0.29, 0.717) is 0 Å². The maximum atomic E-state index is 5.75. The third-order valence-electron chi connectivity index (χ3n) is 3.97. The molecule has 1 unspecified atom stereocenters. The number of ether oxygens (including phenoxy) is 1. The fraction of sp³-hybridized carbons (Fsp3) is 0.333. The molecule has 112 valence electrons. The zero-order valence-corrected chi connectivity index (χ0v) is 13.0. The smallest absolute Gasteiger partial charge is 0.118 e. The fourth-order valence-corrected chi connectivity index (χ4v) is 2.65. The number of nitrogens with two attached hydrogens (primary N) is 1. The van der Waals surface area contributed by atoms with Gasteiger partial charge in [-0.05, 0) is 61.1 Å². The van der Waals surface area contributed by atoms with Crippen molar-refractivity contribution in [1.82, 2.24) is 5.43 Å². The van der Waals surface area contributed by atoms with Crippen molar-refractivity contribution in [3.8, 4) is 5.75 Å². The van der Waals surface area contributed by atoms with E-state index in [4.69, 9.17) is 10.6 Å². The summed E-state index contributed by atoms with van der Waals surface area (Å²) in [5.74, 6) is 6.63. The van der Waals surface area contributed by atoms with Crippen molar-refractivity contribution >= 4 is 0 Å². The average Bonchev–Trinajstić information content (AvgIpc) is 2.50. The largest absolute Gasteiger partial charge is 0.497 e. The highest BCUT2D eigenvalue weighted by atomic mass is 16.5. The lowest BCUT2D eigenvalue weighted by molar-refractivity contribution is 0.414. The van der Waals surface area contributed by atoms with E-state index < -0.39 is 0 Å². The first-order valence-corrected chi connectivity index (χ1v) is 7.28. The molecule has 21 heavy (non-hydrogen) atoms. The first-order chi connectivity index (χ1) is 10.1. The van der Waals surface area contributed by atoms with E-state index in [1.807, 2.05) is 12.1 Å². The van der Waals surface area contributed by atoms with Crippen LogP contribution in [0, 0.1) is 13.8 Å². The fourth-order valence-electron chi connectivity index (χ4n) is 2.65. The topological polar surface area (TPSA) is 47.3 Å². The zero-order valence-electron chi connectivity index (χ0n) is 13.0. The molecule has 0 aliphatic rings. The third kappa shape index (κ3) is 4.06. The van der Waals surface area contributed by atoms with Crippen LogP contribution in [0.5, 0.6) is 5.75 Å². The van der Waals surface area contributed by atoms with E-state index in [0.717, 1.165) is 18.6 Å². The van der Waals surface area contributed by atoms with E-state index in [2.05, 4.69) is 49.6 Å². The molecule has 0 aromatic heterocycles. The summed E-state index contributed by atoms with van der Waals surface area (Å²) >= 11 is 0. The molecule has 0 bridgehead atoms. The standard InChI is InChI=1S/C18H24N2O/c1-13-5-4-6-14(2)18(13)12-16(20-19)11-15-7-9-17(21-3)10-8-15/h4-10,16,20H,11-12,19H2,1-3H3. The quantitative estimate of drug-likeness (QED) is 0.633. The Morgan fingerprint density at radius 3 is 2.14 bits per heavy atom. The van der Waals surface area contributed by atoms with E-state index in [1.165, 1.54) is 22.3 Å². The van der Waals surface area contributed by atoms with Crippen molar-refractivity contribution in [2.45, 2.75) is 32.7 Å². The number of hydrogen-bond donors (Lipinski definition) is 2. The van der Waals surface area contributed by atoms with Crippen molar-refractivity contribution in [3.05, 3.63) is 64.7 Å². The molecule has 1 atom stereocenters. The third-order valence-corrected chi connectivity index (χ3v) is 3.97. The van der Waals surface area contributed by atoms with E-state index >= 15 is 0 Å². The normalized spacial score (nSPS) is 12.2. The van der Waals surface area contributed by atoms with Gasteiger partial charge in [0.15, 0.2) is 0 Å². The Labute approximate surface area is 127 Å². The van der Waals surface area contributed by atoms with Crippen molar-refractivity contribution < 1.29 is 4.74 Å². The summed E-state index contributed by atoms with van der Waals surface area (Å²) in [6.07, 6.45) is 1.83. The number of hydrazine groups is 1. The number of nitrogens with one attached hydrogen (secondary N) is 1. The van der Waals surface area contributed by atoms with Gasteiger partial charge in [0.2, 0.25) is 0 Å². The molecule has 0 fully saturated rings. The molecule has 2 aromatic carbocycles. The lowest BCUT2D eigenvalue weighted by Gasteiger charge is -2.19. The van der Waals surface area contributed by atoms with Crippen LogP contribution in [0.2, 0.25) is 0 Å². The minimum absolute atomic E-state index is 0.221. The van der Waals surface area contributed by atoms with E-state index in [-0.39, 0.29) is 6.04 Å². The van der Waals surface area contributed by atoms with Crippen LogP contribution in [0.3, 0.4) is 0 Å². The highest BCUT2D eigenvalue weighted by Crippen LogP contribution is 2.18. The number of hydrogen-bond acceptors (Lipinski definition) is 3. The number of benzene rings is 2. The zero-order chi connectivity index (χ0) is 15.2. The highest BCUT2D eigenvalue weighted by Gasteiger charge is 2.12. The molecule has 0 aliphatic heterocycles. The molecule has 0 amide bonds. The second kappa shape index (κ2) is 7.25. The SMILES string of the molecule is COc1ccc(CC(Cc2c(C)cccc2C)NN)cc1. The Bertz CT molecular complexity index is 558. The molecule has 0 saturated carbocycles. The Balaban J connectivity index is 2.09. The van der Waals surface area contributed by atoms with Gasteiger partial charge in [0.25, 0.3) is 0 Å². The second-order valence-electron chi connectivity index (χ2n) is 5.49. The van der Waals surface area contributed by atoms with Gasteiger partial charge in [-0.15, -0.1) is 0 Å². The average molecular weight is 284 g/mol. The Morgan fingerprint density at radius 2 is 1.62 bits per heavy atom. The van der Waals surface area contributed by atoms with Gasteiger partial charge in [-0.2, -0.15) is 0 Å². The summed E-state index contributed by atoms with van der Waals surface area (Å²) in [6.45, 7) is 4.31. The van der Waals surface area contributed by atoms with Crippen molar-refractivity contribution in [1.29, 1.82) is 0 Å². The minimum atomic E-state index is 0.221. The Hall–Kier alpha value is -1.84. The molecular weight excluding hydrogens is 260 g/mol. The Kier molecular flexibility index (Phi) is 5.37. The second-order valence-corrected chi connectivity index (χ2v) is 5.49. The van der Waals surface area contributed by atoms with Gasteiger partial charge in [0.1, 0.15) is 5.75 Å². The first-order valence-electron chi connectivity index (χ1n) is 7.28. The van der Waals surface area contributed by atoms with Gasteiger partial charge in [0.05, 0.1) is 7.11 Å². The van der Waals surface area contributed by atoms with Crippen LogP contribution in [-0.4, -0.2) is 13.2 Å². The minimum Gasteiger partial charge on any atom is -0.497 e. The predicted octanol–water partition coefficient (Wildman–Crippen LogP) is 2.93. The number of rotatable bonds is 6. The molecule has 2 aromatic rings. The van der Waals surface area contributed by atoms with Crippen LogP contribution in [0.15, 0.2) is 42.5 Å². The molecule has 3 heteroatoms. The number of methoxy groups -OCH3 is 1. The van der Waals surface area contributed by atoms with Gasteiger partial charge in [-0.3, -0.25) is 11.3 Å². The van der Waals surface area contributed by atoms with Gasteiger partial charge in [-0.1, -0.05) is 30.3 Å². The molecule has 0 saturated heterocycles. The van der Waals surface area contributed by atoms with E-state index in [9.17, 15) is 0 Å². The van der Waals surface area contributed by atoms with E-state index in [1.54, 1.807) is 7.11 Å². The van der Waals surface area contributed by atoms with Crippen LogP contribution in [0.25, 0.3) is 0 Å². The molecule has 0 aliphatic carbocycles. The monoisotopic (exact) mass is 284 g/mol. The van der Waals surface area contributed by atoms with Crippen molar-refractivity contribution in [2.24, 2.45) is 5.84 Å². The summed E-state index contributed by atoms with van der Waals surface area (Å²) in [7, 11) is 1.68. The highest BCUT2D eigenvalue weighted by molar-refractivity contribution is 5.34. The predicted molar refractivity (Wildman–Crippen MR) is 87.4 cm³/mol. The molecule has 3 nitrogen and oxygen atoms in total. The molecule has 0 heterocycles. The summed E-state index contributed by atoms with van der Waals surface area (Å²) in [4.78, 5) is 0. The van der Waals surface area contributed by atoms with Crippen LogP contribution in [-0.2, 0) is 12.8 Å². The molecule has 2 rings (SSSR count). The molecule has 3 N–H and O–H groups in total. The Morgan fingerprint density at radius 1 is 1.00 bits per heavy atom. The summed E-state index contributed by atoms with van der Waals surface area (Å²) < 4.78 is 5.19. The summed E-state index contributed by atoms with van der Waals surface area (Å²) in [5, 5.41) is 0. The maximum Gasteiger partial charge on any atom is 0.118 e. The van der Waals surface area contributed by atoms with Crippen LogP contribution < -0.4 is 16.0 Å². The lowest BCUT2D eigenvalue weighted by Crippen LogP contribution is -2.38. The summed E-state index contributed by atoms with van der Waals surface area (Å²) in [5.41, 5.74) is 8.24. The van der Waals surface area contributed by atoms with Gasteiger partial charge in [-0.25, -0.2) is 0 Å². The molecular formula is C18H24N2O. The number of aryl methyl sites for hydroxylation is 2. The van der Waals surface area contributed by atoms with Crippen LogP contribution in [0.1, 0.15) is 22.3 Å². The molecule has 0 radical (unpaired) electrons. The maximum absolute atomic E-state index is 5.75. The van der Waals surface area contributed by atoms with Crippen LogP contribution >= 0.6 is 0 Å². The van der Waals surface area contributed by atoms with Crippen molar-refractivity contribution in [2.75, 3.05) is 7.11 Å². The van der Waals surface area contributed by atoms with Gasteiger partial charge < -0.3 is 4.74 Å². The van der Waals surface area contributed by atoms with Gasteiger partial charge >= 0.3 is 0 Å². The van der Waals surface area contributed by atoms with Crippen LogP contribution in [0.4, 0.5) is 0 Å². The lowest BCUT2D eigenvalue weighted by atomic mass is 9.93.